The molecule has 6 nitrogen and oxygen atoms in total. The minimum absolute atomic E-state index is 0.178. The number of urea groups is 1. The van der Waals surface area contributed by atoms with Gasteiger partial charge in [0, 0.05) is 22.6 Å². The first-order valence-corrected chi connectivity index (χ1v) is 12.1. The molecular weight excluding hydrogens is 516 g/mol. The molecule has 0 spiro atoms. The van der Waals surface area contributed by atoms with Crippen molar-refractivity contribution in [2.24, 2.45) is 0 Å². The molecule has 2 amide bonds. The van der Waals surface area contributed by atoms with E-state index in [2.05, 4.69) is 21.2 Å². The molecular formula is C26H24BrClN4O2. The van der Waals surface area contributed by atoms with Crippen molar-refractivity contribution in [3.63, 3.8) is 0 Å². The average Bonchev–Trinajstić information content (AvgIpc) is 2.84. The van der Waals surface area contributed by atoms with Gasteiger partial charge in [-0.15, -0.1) is 0 Å². The van der Waals surface area contributed by atoms with Crippen LogP contribution in [0.1, 0.15) is 31.3 Å². The van der Waals surface area contributed by atoms with Gasteiger partial charge in [-0.2, -0.15) is 0 Å². The van der Waals surface area contributed by atoms with E-state index >= 15 is 0 Å². The molecule has 1 atom stereocenters. The molecule has 4 rings (SSSR count). The fraction of sp³-hybridized carbons (Fsp3) is 0.192. The van der Waals surface area contributed by atoms with Crippen LogP contribution in [0.5, 0.6) is 0 Å². The lowest BCUT2D eigenvalue weighted by atomic mass is 10.1. The first-order chi connectivity index (χ1) is 16.4. The summed E-state index contributed by atoms with van der Waals surface area (Å²) in [4.78, 5) is 33.3. The van der Waals surface area contributed by atoms with Crippen molar-refractivity contribution in [1.29, 1.82) is 0 Å². The summed E-state index contributed by atoms with van der Waals surface area (Å²) in [6, 6.07) is 21.5. The van der Waals surface area contributed by atoms with E-state index in [1.807, 2.05) is 68.4 Å². The lowest BCUT2D eigenvalue weighted by molar-refractivity contribution is 0.184. The maximum Gasteiger partial charge on any atom is 0.322 e. The average molecular weight is 540 g/mol. The van der Waals surface area contributed by atoms with Crippen molar-refractivity contribution < 1.29 is 4.79 Å². The predicted molar refractivity (Wildman–Crippen MR) is 140 cm³/mol. The zero-order valence-electron chi connectivity index (χ0n) is 18.8. The Morgan fingerprint density at radius 1 is 1.12 bits per heavy atom. The summed E-state index contributed by atoms with van der Waals surface area (Å²) in [5.41, 5.74) is 2.00. The van der Waals surface area contributed by atoms with Gasteiger partial charge in [-0.1, -0.05) is 54.1 Å². The Morgan fingerprint density at radius 2 is 1.82 bits per heavy atom. The number of rotatable bonds is 6. The Balaban J connectivity index is 1.78. The van der Waals surface area contributed by atoms with Gasteiger partial charge in [0.1, 0.15) is 5.82 Å². The van der Waals surface area contributed by atoms with Gasteiger partial charge in [-0.25, -0.2) is 9.78 Å². The van der Waals surface area contributed by atoms with Crippen molar-refractivity contribution >= 4 is 50.2 Å². The largest absolute Gasteiger partial charge is 0.322 e. The molecule has 0 aliphatic rings. The zero-order valence-corrected chi connectivity index (χ0v) is 21.2. The third-order valence-corrected chi connectivity index (χ3v) is 6.60. The number of halogens is 2. The van der Waals surface area contributed by atoms with Crippen LogP contribution in [-0.4, -0.2) is 20.5 Å². The number of hydrogen-bond donors (Lipinski definition) is 1. The molecule has 0 fully saturated rings. The molecule has 0 saturated heterocycles. The smallest absolute Gasteiger partial charge is 0.310 e. The third-order valence-electron chi connectivity index (χ3n) is 5.68. The maximum absolute atomic E-state index is 13.5. The normalized spacial score (nSPS) is 11.9. The highest BCUT2D eigenvalue weighted by Gasteiger charge is 2.27. The second kappa shape index (κ2) is 10.4. The van der Waals surface area contributed by atoms with Gasteiger partial charge in [0.25, 0.3) is 5.56 Å². The first kappa shape index (κ1) is 24.0. The highest BCUT2D eigenvalue weighted by molar-refractivity contribution is 9.10. The van der Waals surface area contributed by atoms with Crippen molar-refractivity contribution in [2.75, 3.05) is 5.32 Å². The number of aromatic nitrogens is 2. The first-order valence-electron chi connectivity index (χ1n) is 10.9. The molecule has 4 aromatic rings. The number of nitrogens with one attached hydrogen (secondary N) is 1. The molecule has 0 aliphatic heterocycles. The number of nitrogens with zero attached hydrogens (tertiary/aromatic N) is 3. The Morgan fingerprint density at radius 3 is 2.53 bits per heavy atom. The number of amides is 2. The van der Waals surface area contributed by atoms with E-state index in [1.165, 1.54) is 0 Å². The van der Waals surface area contributed by atoms with E-state index in [-0.39, 0.29) is 11.6 Å². The molecule has 8 heteroatoms. The van der Waals surface area contributed by atoms with Crippen LogP contribution in [-0.2, 0) is 13.1 Å². The van der Waals surface area contributed by atoms with E-state index in [0.29, 0.717) is 40.5 Å². The molecule has 0 radical (unpaired) electrons. The second-order valence-electron chi connectivity index (χ2n) is 7.88. The highest BCUT2D eigenvalue weighted by atomic mass is 79.9. The molecule has 0 aliphatic carbocycles. The Bertz CT molecular complexity index is 1390. The maximum atomic E-state index is 13.5. The monoisotopic (exact) mass is 538 g/mol. The molecule has 34 heavy (non-hydrogen) atoms. The van der Waals surface area contributed by atoms with Crippen LogP contribution in [0.2, 0.25) is 5.02 Å². The molecule has 1 heterocycles. The molecule has 0 saturated carbocycles. The topological polar surface area (TPSA) is 67.2 Å². The summed E-state index contributed by atoms with van der Waals surface area (Å²) < 4.78 is 2.38. The lowest BCUT2D eigenvalue weighted by Gasteiger charge is -2.31. The van der Waals surface area contributed by atoms with Gasteiger partial charge in [-0.3, -0.25) is 9.36 Å². The van der Waals surface area contributed by atoms with E-state index in [9.17, 15) is 9.59 Å². The number of carbonyl (C=O) groups is 1. The van der Waals surface area contributed by atoms with Crippen molar-refractivity contribution in [3.05, 3.63) is 104 Å². The number of fused-ring (bicyclic) bond motifs is 1. The molecule has 1 aromatic heterocycles. The minimum atomic E-state index is -0.490. The Labute approximate surface area is 211 Å². The van der Waals surface area contributed by atoms with E-state index in [0.717, 1.165) is 10.0 Å². The zero-order chi connectivity index (χ0) is 24.2. The van der Waals surface area contributed by atoms with Gasteiger partial charge in [0.05, 0.1) is 22.6 Å². The van der Waals surface area contributed by atoms with Gasteiger partial charge in [0.15, 0.2) is 0 Å². The van der Waals surface area contributed by atoms with E-state index in [4.69, 9.17) is 16.6 Å². The summed E-state index contributed by atoms with van der Waals surface area (Å²) in [6.07, 6.45) is 0. The molecule has 1 unspecified atom stereocenters. The molecule has 3 aromatic carbocycles. The van der Waals surface area contributed by atoms with Gasteiger partial charge in [0.2, 0.25) is 0 Å². The molecule has 174 valence electrons. The molecule has 1 N–H and O–H groups in total. The van der Waals surface area contributed by atoms with E-state index < -0.39 is 6.04 Å². The van der Waals surface area contributed by atoms with Gasteiger partial charge >= 0.3 is 6.03 Å². The number of benzene rings is 3. The van der Waals surface area contributed by atoms with Crippen LogP contribution in [0.4, 0.5) is 10.5 Å². The fourth-order valence-corrected chi connectivity index (χ4v) is 4.44. The Kier molecular flexibility index (Phi) is 7.34. The van der Waals surface area contributed by atoms with Crippen molar-refractivity contribution in [2.45, 2.75) is 33.0 Å². The fourth-order valence-electron chi connectivity index (χ4n) is 3.89. The van der Waals surface area contributed by atoms with E-state index in [1.54, 1.807) is 27.7 Å². The molecule has 0 bridgehead atoms. The summed E-state index contributed by atoms with van der Waals surface area (Å²) in [5.74, 6) is 0.514. The summed E-state index contributed by atoms with van der Waals surface area (Å²) >= 11 is 9.61. The quantitative estimate of drug-likeness (QED) is 0.299. The summed E-state index contributed by atoms with van der Waals surface area (Å²) in [6.45, 7) is 4.53. The van der Waals surface area contributed by atoms with Crippen LogP contribution in [0.25, 0.3) is 10.9 Å². The summed E-state index contributed by atoms with van der Waals surface area (Å²) in [5, 5.41) is 3.92. The van der Waals surface area contributed by atoms with Gasteiger partial charge < -0.3 is 10.2 Å². The number of para-hydroxylation sites is 1. The number of hydrogen-bond acceptors (Lipinski definition) is 3. The van der Waals surface area contributed by atoms with Crippen LogP contribution in [0, 0.1) is 0 Å². The van der Waals surface area contributed by atoms with Crippen LogP contribution in [0.15, 0.2) is 82.1 Å². The van der Waals surface area contributed by atoms with Crippen molar-refractivity contribution in [1.82, 2.24) is 14.5 Å². The van der Waals surface area contributed by atoms with Gasteiger partial charge in [-0.05, 0) is 65.7 Å². The van der Waals surface area contributed by atoms with Crippen LogP contribution in [0.3, 0.4) is 0 Å². The van der Waals surface area contributed by atoms with Crippen LogP contribution >= 0.6 is 27.5 Å². The standard InChI is InChI=1S/C26H24BrClN4O2/c1-3-31-24(29-22-14-13-19(28)15-20(22)25(31)33)17(2)32(16-18-9-5-4-6-10-18)26(34)30-23-12-8-7-11-21(23)27/h4-15,17H,3,16H2,1-2H3,(H,30,34). The minimum Gasteiger partial charge on any atom is -0.310 e. The third kappa shape index (κ3) is 5.00. The SMILES string of the molecule is CCn1c(C(C)N(Cc2ccccc2)C(=O)Nc2ccccc2Br)nc2ccc(Cl)cc2c1=O. The predicted octanol–water partition coefficient (Wildman–Crippen LogP) is 6.63. The second-order valence-corrected chi connectivity index (χ2v) is 9.17. The lowest BCUT2D eigenvalue weighted by Crippen LogP contribution is -2.39. The Hall–Kier alpha value is -3.16. The highest BCUT2D eigenvalue weighted by Crippen LogP contribution is 2.26. The summed E-state index contributed by atoms with van der Waals surface area (Å²) in [7, 11) is 0. The van der Waals surface area contributed by atoms with Crippen molar-refractivity contribution in [3.8, 4) is 0 Å². The van der Waals surface area contributed by atoms with Crippen LogP contribution < -0.4 is 10.9 Å². The number of anilines is 1. The number of carbonyl (C=O) groups excluding carboxylic acids is 1.